The number of nitrogens with one attached hydrogen (secondary N) is 1. The van der Waals surface area contributed by atoms with Crippen molar-refractivity contribution in [2.45, 2.75) is 18.9 Å². The van der Waals surface area contributed by atoms with Gasteiger partial charge < -0.3 is 9.84 Å². The minimum absolute atomic E-state index is 0.0954. The summed E-state index contributed by atoms with van der Waals surface area (Å²) in [6.07, 6.45) is 2.19. The van der Waals surface area contributed by atoms with Crippen molar-refractivity contribution in [1.29, 1.82) is 0 Å². The zero-order valence-corrected chi connectivity index (χ0v) is 16.9. The first kappa shape index (κ1) is 21.2. The lowest BCUT2D eigenvalue weighted by Crippen LogP contribution is -2.42. The molecule has 0 fully saturated rings. The van der Waals surface area contributed by atoms with Gasteiger partial charge in [-0.1, -0.05) is 30.3 Å². The molecule has 8 heteroatoms. The Balaban J connectivity index is 1.77. The molecule has 0 aliphatic carbocycles. The second-order valence-electron chi connectivity index (χ2n) is 6.89. The average Bonchev–Trinajstić information content (AvgIpc) is 3.12. The minimum Gasteiger partial charge on any atom is -0.481 e. The topological polar surface area (TPSA) is 106 Å². The van der Waals surface area contributed by atoms with Gasteiger partial charge in [0.15, 0.2) is 5.78 Å². The molecule has 0 bridgehead atoms. The number of ether oxygens (including phenoxy) is 1. The lowest BCUT2D eigenvalue weighted by Gasteiger charge is -2.17. The van der Waals surface area contributed by atoms with Crippen LogP contribution in [-0.2, 0) is 29.5 Å². The largest absolute Gasteiger partial charge is 0.481 e. The molecule has 0 spiro atoms. The van der Waals surface area contributed by atoms with Crippen LogP contribution in [0.4, 0.5) is 0 Å². The van der Waals surface area contributed by atoms with Crippen molar-refractivity contribution in [3.63, 3.8) is 0 Å². The number of nitrogens with zero attached hydrogens (tertiary/aromatic N) is 3. The summed E-state index contributed by atoms with van der Waals surface area (Å²) in [7, 11) is 3.33. The van der Waals surface area contributed by atoms with E-state index in [4.69, 9.17) is 9.84 Å². The van der Waals surface area contributed by atoms with Crippen LogP contribution >= 0.6 is 0 Å². The summed E-state index contributed by atoms with van der Waals surface area (Å²) in [6, 6.07) is 14.4. The maximum absolute atomic E-state index is 13.0. The van der Waals surface area contributed by atoms with Crippen LogP contribution in [0.5, 0.6) is 5.88 Å². The number of aliphatic carboxylic acids is 1. The van der Waals surface area contributed by atoms with E-state index in [0.717, 1.165) is 16.8 Å². The zero-order chi connectivity index (χ0) is 21.5. The van der Waals surface area contributed by atoms with Crippen LogP contribution in [0, 0.1) is 0 Å². The number of carboxylic acids is 1. The van der Waals surface area contributed by atoms with Gasteiger partial charge >= 0.3 is 5.97 Å². The van der Waals surface area contributed by atoms with E-state index in [0.29, 0.717) is 18.0 Å². The highest BCUT2D eigenvalue weighted by atomic mass is 16.5. The van der Waals surface area contributed by atoms with Crippen molar-refractivity contribution in [2.75, 3.05) is 13.7 Å². The van der Waals surface area contributed by atoms with E-state index in [1.165, 1.54) is 0 Å². The van der Waals surface area contributed by atoms with Crippen molar-refractivity contribution in [3.05, 3.63) is 66.0 Å². The molecule has 2 heterocycles. The summed E-state index contributed by atoms with van der Waals surface area (Å²) < 4.78 is 6.82. The Bertz CT molecular complexity index is 1020. The standard InChI is InChI=1S/C22H24N4O4/c1-26-17(12-18(25-26)16-8-9-23-21(11-16)30-2)13-20(27)19(24-14-22(28)29)10-15-6-4-3-5-7-15/h3-9,11-12,19,24H,10,13-14H2,1-2H3,(H,28,29)/t19-/m0/s1. The fourth-order valence-corrected chi connectivity index (χ4v) is 3.15. The van der Waals surface area contributed by atoms with E-state index < -0.39 is 12.0 Å². The maximum Gasteiger partial charge on any atom is 0.317 e. The second kappa shape index (κ2) is 9.80. The monoisotopic (exact) mass is 408 g/mol. The highest BCUT2D eigenvalue weighted by Crippen LogP contribution is 2.22. The summed E-state index contributed by atoms with van der Waals surface area (Å²) in [4.78, 5) is 28.1. The molecule has 0 aliphatic rings. The molecule has 0 unspecified atom stereocenters. The highest BCUT2D eigenvalue weighted by Gasteiger charge is 2.21. The normalized spacial score (nSPS) is 11.8. The summed E-state index contributed by atoms with van der Waals surface area (Å²) in [5.41, 5.74) is 3.24. The number of benzene rings is 1. The number of carboxylic acid groups (broad SMARTS) is 1. The Hall–Kier alpha value is -3.52. The van der Waals surface area contributed by atoms with Crippen molar-refractivity contribution in [2.24, 2.45) is 7.05 Å². The molecule has 30 heavy (non-hydrogen) atoms. The van der Waals surface area contributed by atoms with Crippen molar-refractivity contribution < 1.29 is 19.4 Å². The first-order valence-electron chi connectivity index (χ1n) is 9.51. The molecule has 0 saturated heterocycles. The van der Waals surface area contributed by atoms with Gasteiger partial charge in [-0.05, 0) is 24.1 Å². The Morgan fingerprint density at radius 1 is 1.20 bits per heavy atom. The number of hydrogen-bond donors (Lipinski definition) is 2. The molecule has 8 nitrogen and oxygen atoms in total. The number of rotatable bonds is 10. The molecule has 0 aliphatic heterocycles. The van der Waals surface area contributed by atoms with E-state index in [-0.39, 0.29) is 18.7 Å². The van der Waals surface area contributed by atoms with E-state index in [2.05, 4.69) is 15.4 Å². The predicted molar refractivity (Wildman–Crippen MR) is 111 cm³/mol. The van der Waals surface area contributed by atoms with Gasteiger partial charge in [-0.25, -0.2) is 4.98 Å². The van der Waals surface area contributed by atoms with Crippen LogP contribution in [-0.4, -0.2) is 51.3 Å². The molecule has 1 atom stereocenters. The molecule has 3 rings (SSSR count). The van der Waals surface area contributed by atoms with Gasteiger partial charge in [0.1, 0.15) is 0 Å². The molecule has 3 aromatic rings. The average molecular weight is 408 g/mol. The van der Waals surface area contributed by atoms with Crippen LogP contribution in [0.15, 0.2) is 54.7 Å². The van der Waals surface area contributed by atoms with Crippen molar-refractivity contribution in [1.82, 2.24) is 20.1 Å². The number of carbonyl (C=O) groups is 2. The van der Waals surface area contributed by atoms with Crippen LogP contribution < -0.4 is 10.1 Å². The van der Waals surface area contributed by atoms with Crippen molar-refractivity contribution in [3.8, 4) is 17.1 Å². The smallest absolute Gasteiger partial charge is 0.317 e. The van der Waals surface area contributed by atoms with E-state index in [1.54, 1.807) is 31.1 Å². The third-order valence-electron chi connectivity index (χ3n) is 4.74. The number of ketones is 1. The first-order chi connectivity index (χ1) is 14.5. The molecular formula is C22H24N4O4. The molecule has 2 N–H and O–H groups in total. The fourth-order valence-electron chi connectivity index (χ4n) is 3.15. The minimum atomic E-state index is -1.00. The fraction of sp³-hybridized carbons (Fsp3) is 0.273. The Labute approximate surface area is 174 Å². The summed E-state index contributed by atoms with van der Waals surface area (Å²) in [6.45, 7) is -0.281. The SMILES string of the molecule is COc1cc(-c2cc(CC(=O)[C@H](Cc3ccccc3)NCC(=O)O)n(C)n2)ccn1. The molecule has 0 radical (unpaired) electrons. The van der Waals surface area contributed by atoms with Gasteiger partial charge in [-0.15, -0.1) is 0 Å². The molecule has 0 saturated carbocycles. The first-order valence-corrected chi connectivity index (χ1v) is 9.51. The number of carbonyl (C=O) groups excluding carboxylic acids is 1. The summed E-state index contributed by atoms with van der Waals surface area (Å²) in [5.74, 6) is -0.617. The van der Waals surface area contributed by atoms with Gasteiger partial charge in [0.25, 0.3) is 0 Å². The van der Waals surface area contributed by atoms with E-state index in [9.17, 15) is 9.59 Å². The predicted octanol–water partition coefficient (Wildman–Crippen LogP) is 1.89. The van der Waals surface area contributed by atoms with E-state index >= 15 is 0 Å². The molecule has 0 amide bonds. The second-order valence-corrected chi connectivity index (χ2v) is 6.89. The summed E-state index contributed by atoms with van der Waals surface area (Å²) in [5, 5.41) is 16.4. The van der Waals surface area contributed by atoms with Crippen LogP contribution in [0.3, 0.4) is 0 Å². The van der Waals surface area contributed by atoms with Gasteiger partial charge in [-0.3, -0.25) is 19.6 Å². The maximum atomic E-state index is 13.0. The molecular weight excluding hydrogens is 384 g/mol. The summed E-state index contributed by atoms with van der Waals surface area (Å²) >= 11 is 0. The third-order valence-corrected chi connectivity index (χ3v) is 4.74. The van der Waals surface area contributed by atoms with E-state index in [1.807, 2.05) is 42.5 Å². The number of pyridine rings is 1. The Morgan fingerprint density at radius 2 is 1.97 bits per heavy atom. The number of methoxy groups -OCH3 is 1. The number of Topliss-reactive ketones (excluding diaryl/α,β-unsaturated/α-hetero) is 1. The van der Waals surface area contributed by atoms with Gasteiger partial charge in [0.2, 0.25) is 5.88 Å². The van der Waals surface area contributed by atoms with Crippen LogP contribution in [0.2, 0.25) is 0 Å². The number of aromatic nitrogens is 3. The Morgan fingerprint density at radius 3 is 2.67 bits per heavy atom. The number of hydrogen-bond acceptors (Lipinski definition) is 6. The van der Waals surface area contributed by atoms with Crippen LogP contribution in [0.25, 0.3) is 11.3 Å². The third kappa shape index (κ3) is 5.51. The Kier molecular flexibility index (Phi) is 6.92. The quantitative estimate of drug-likeness (QED) is 0.528. The zero-order valence-electron chi connectivity index (χ0n) is 16.9. The van der Waals surface area contributed by atoms with Gasteiger partial charge in [0, 0.05) is 30.6 Å². The van der Waals surface area contributed by atoms with Crippen molar-refractivity contribution >= 4 is 11.8 Å². The van der Waals surface area contributed by atoms with Gasteiger partial charge in [-0.2, -0.15) is 5.10 Å². The lowest BCUT2D eigenvalue weighted by atomic mass is 9.99. The molecule has 1 aromatic carbocycles. The molecule has 156 valence electrons. The number of aryl methyl sites for hydroxylation is 1. The molecule has 2 aromatic heterocycles. The highest BCUT2D eigenvalue weighted by molar-refractivity contribution is 5.87. The lowest BCUT2D eigenvalue weighted by molar-refractivity contribution is -0.136. The van der Waals surface area contributed by atoms with Crippen LogP contribution in [0.1, 0.15) is 11.3 Å². The van der Waals surface area contributed by atoms with Gasteiger partial charge in [0.05, 0.1) is 31.8 Å².